The first-order chi connectivity index (χ1) is 12.2. The predicted octanol–water partition coefficient (Wildman–Crippen LogP) is 3.76. The molecule has 1 aromatic carbocycles. The summed E-state index contributed by atoms with van der Waals surface area (Å²) in [5, 5.41) is 39.5. The second-order valence-corrected chi connectivity index (χ2v) is 7.20. The topological polar surface area (TPSA) is 119 Å². The van der Waals surface area contributed by atoms with E-state index < -0.39 is 22.5 Å². The molecule has 3 rings (SSSR count). The summed E-state index contributed by atoms with van der Waals surface area (Å²) in [5.74, 6) is 0.00571. The van der Waals surface area contributed by atoms with E-state index >= 15 is 0 Å². The van der Waals surface area contributed by atoms with Gasteiger partial charge in [0.25, 0.3) is 0 Å². The van der Waals surface area contributed by atoms with Crippen molar-refractivity contribution in [2.75, 3.05) is 10.5 Å². The number of hydrogen-bond donors (Lipinski definition) is 2. The van der Waals surface area contributed by atoms with Crippen LogP contribution in [0.5, 0.6) is 0 Å². The van der Waals surface area contributed by atoms with Crippen molar-refractivity contribution >= 4 is 17.3 Å². The third-order valence-electron chi connectivity index (χ3n) is 5.65. The second kappa shape index (κ2) is 6.88. The van der Waals surface area contributed by atoms with Gasteiger partial charge in [-0.3, -0.25) is 10.4 Å². The van der Waals surface area contributed by atoms with E-state index in [0.29, 0.717) is 12.3 Å². The first-order valence-electron chi connectivity index (χ1n) is 8.61. The first kappa shape index (κ1) is 18.7. The van der Waals surface area contributed by atoms with Crippen LogP contribution in [-0.4, -0.2) is 22.0 Å². The molecule has 0 aromatic heterocycles. The standard InChI is InChI=1S/C18H22N2O6/c1-11(2)18(10-12-5-3-4-6-16(12)18)26-17(21)13-7-14(19(22)23)9-15(8-13)20(24)25/h7-9,12,16,22-23H,1,3-6,10H2,2H3/q-2. The highest BCUT2D eigenvalue weighted by atomic mass is 16.8. The minimum atomic E-state index is -0.745. The monoisotopic (exact) mass is 362 g/mol. The number of carbonyl (C=O) groups excluding carboxylic acids is 1. The molecule has 2 aliphatic rings. The predicted molar refractivity (Wildman–Crippen MR) is 94.7 cm³/mol. The van der Waals surface area contributed by atoms with Crippen molar-refractivity contribution in [1.82, 2.24) is 0 Å². The van der Waals surface area contributed by atoms with Gasteiger partial charge in [-0.25, -0.2) is 4.79 Å². The van der Waals surface area contributed by atoms with E-state index in [4.69, 9.17) is 15.2 Å². The van der Waals surface area contributed by atoms with Gasteiger partial charge in [-0.1, -0.05) is 19.4 Å². The minimum absolute atomic E-state index is 0.109. The van der Waals surface area contributed by atoms with Gasteiger partial charge >= 0.3 is 5.97 Å². The van der Waals surface area contributed by atoms with Gasteiger partial charge in [-0.05, 0) is 55.9 Å². The van der Waals surface area contributed by atoms with Gasteiger partial charge in [0.2, 0.25) is 0 Å². The highest BCUT2D eigenvalue weighted by molar-refractivity contribution is 5.92. The Hall–Kier alpha value is -2.13. The van der Waals surface area contributed by atoms with Gasteiger partial charge in [0.15, 0.2) is 0 Å². The summed E-state index contributed by atoms with van der Waals surface area (Å²) < 4.78 is 5.82. The maximum Gasteiger partial charge on any atom is 0.339 e. The van der Waals surface area contributed by atoms with Crippen LogP contribution in [0.15, 0.2) is 30.4 Å². The van der Waals surface area contributed by atoms with E-state index in [2.05, 4.69) is 6.58 Å². The SMILES string of the molecule is C=C(C)C1(OC(=O)c2cc(N([O-])[O-])cc(N(O)O)c2)CC2CCCCC21. The molecular formula is C18H22N2O6-2. The fraction of sp³-hybridized carbons (Fsp3) is 0.500. The molecule has 0 heterocycles. The van der Waals surface area contributed by atoms with Crippen molar-refractivity contribution < 1.29 is 19.9 Å². The van der Waals surface area contributed by atoms with Crippen LogP contribution >= 0.6 is 0 Å². The highest BCUT2D eigenvalue weighted by Crippen LogP contribution is 2.57. The Balaban J connectivity index is 1.88. The number of hydrogen-bond acceptors (Lipinski definition) is 8. The Labute approximate surface area is 151 Å². The van der Waals surface area contributed by atoms with E-state index in [1.54, 1.807) is 0 Å². The van der Waals surface area contributed by atoms with Gasteiger partial charge in [-0.15, -0.1) is 5.23 Å². The Morgan fingerprint density at radius 1 is 1.23 bits per heavy atom. The van der Waals surface area contributed by atoms with Gasteiger partial charge in [0.05, 0.1) is 11.3 Å². The Morgan fingerprint density at radius 3 is 2.46 bits per heavy atom. The van der Waals surface area contributed by atoms with Crippen LogP contribution in [-0.2, 0) is 4.74 Å². The molecule has 0 bridgehead atoms. The third-order valence-corrected chi connectivity index (χ3v) is 5.65. The van der Waals surface area contributed by atoms with E-state index in [9.17, 15) is 15.2 Å². The molecule has 3 atom stereocenters. The zero-order valence-corrected chi connectivity index (χ0v) is 14.6. The summed E-state index contributed by atoms with van der Waals surface area (Å²) in [5.41, 5.74) is -0.811. The summed E-state index contributed by atoms with van der Waals surface area (Å²) in [7, 11) is 0. The Bertz CT molecular complexity index is 693. The molecule has 2 fully saturated rings. The molecule has 0 spiro atoms. The number of nitrogens with zero attached hydrogens (tertiary/aromatic N) is 2. The van der Waals surface area contributed by atoms with E-state index in [1.165, 1.54) is 6.42 Å². The molecule has 8 nitrogen and oxygen atoms in total. The summed E-state index contributed by atoms with van der Waals surface area (Å²) in [6.45, 7) is 5.84. The van der Waals surface area contributed by atoms with Crippen molar-refractivity contribution in [1.29, 1.82) is 0 Å². The lowest BCUT2D eigenvalue weighted by molar-refractivity contribution is -0.134. The molecule has 8 heteroatoms. The zero-order chi connectivity index (χ0) is 19.1. The lowest BCUT2D eigenvalue weighted by atomic mass is 9.53. The number of esters is 1. The summed E-state index contributed by atoms with van der Waals surface area (Å²) in [4.78, 5) is 12.7. The van der Waals surface area contributed by atoms with Crippen LogP contribution in [0.2, 0.25) is 0 Å². The number of rotatable bonds is 5. The fourth-order valence-corrected chi connectivity index (χ4v) is 4.30. The zero-order valence-electron chi connectivity index (χ0n) is 14.6. The van der Waals surface area contributed by atoms with Crippen molar-refractivity contribution in [3.63, 3.8) is 0 Å². The number of ether oxygens (including phenoxy) is 1. The molecule has 2 saturated carbocycles. The molecular weight excluding hydrogens is 340 g/mol. The average Bonchev–Trinajstić information content (AvgIpc) is 2.58. The summed E-state index contributed by atoms with van der Waals surface area (Å²) >= 11 is 0. The quantitative estimate of drug-likeness (QED) is 0.462. The molecule has 142 valence electrons. The Kier molecular flexibility index (Phi) is 4.94. The molecule has 0 radical (unpaired) electrons. The van der Waals surface area contributed by atoms with Crippen LogP contribution in [0.25, 0.3) is 0 Å². The summed E-state index contributed by atoms with van der Waals surface area (Å²) in [6, 6.07) is 3.16. The maximum atomic E-state index is 12.7. The largest absolute Gasteiger partial charge is 0.769 e. The normalized spacial score (nSPS) is 27.1. The lowest BCUT2D eigenvalue weighted by Gasteiger charge is -2.56. The van der Waals surface area contributed by atoms with Crippen molar-refractivity contribution in [3.05, 3.63) is 46.3 Å². The Morgan fingerprint density at radius 2 is 1.88 bits per heavy atom. The molecule has 0 amide bonds. The van der Waals surface area contributed by atoms with Gasteiger partial charge in [0, 0.05) is 11.6 Å². The van der Waals surface area contributed by atoms with E-state index in [0.717, 1.165) is 43.0 Å². The number of fused-ring (bicyclic) bond motifs is 1. The molecule has 1 aromatic rings. The van der Waals surface area contributed by atoms with Crippen LogP contribution in [0.3, 0.4) is 0 Å². The summed E-state index contributed by atoms with van der Waals surface area (Å²) in [6.07, 6.45) is 5.05. The van der Waals surface area contributed by atoms with Crippen LogP contribution in [0.4, 0.5) is 11.4 Å². The van der Waals surface area contributed by atoms with Crippen LogP contribution in [0.1, 0.15) is 49.4 Å². The number of benzene rings is 1. The lowest BCUT2D eigenvalue weighted by Crippen LogP contribution is -2.58. The van der Waals surface area contributed by atoms with Crippen molar-refractivity contribution in [2.24, 2.45) is 11.8 Å². The first-order valence-corrected chi connectivity index (χ1v) is 8.61. The van der Waals surface area contributed by atoms with Crippen molar-refractivity contribution in [3.8, 4) is 0 Å². The maximum absolute atomic E-state index is 12.7. The van der Waals surface area contributed by atoms with Gasteiger partial charge in [-0.2, -0.15) is 0 Å². The molecule has 26 heavy (non-hydrogen) atoms. The van der Waals surface area contributed by atoms with E-state index in [-0.39, 0.29) is 22.4 Å². The van der Waals surface area contributed by atoms with Crippen molar-refractivity contribution in [2.45, 2.75) is 44.6 Å². The van der Waals surface area contributed by atoms with Gasteiger partial charge < -0.3 is 20.4 Å². The smallest absolute Gasteiger partial charge is 0.339 e. The van der Waals surface area contributed by atoms with E-state index in [1.807, 2.05) is 6.92 Å². The van der Waals surface area contributed by atoms with Crippen LogP contribution < -0.4 is 10.5 Å². The average molecular weight is 362 g/mol. The minimum Gasteiger partial charge on any atom is -0.769 e. The third kappa shape index (κ3) is 3.16. The fourth-order valence-electron chi connectivity index (χ4n) is 4.30. The number of carbonyl (C=O) groups is 1. The second-order valence-electron chi connectivity index (χ2n) is 7.20. The molecule has 0 aliphatic heterocycles. The highest BCUT2D eigenvalue weighted by Gasteiger charge is 2.57. The molecule has 2 N–H and O–H groups in total. The molecule has 3 unspecified atom stereocenters. The number of anilines is 2. The molecule has 2 aliphatic carbocycles. The van der Waals surface area contributed by atoms with Crippen LogP contribution in [0, 0.1) is 22.3 Å². The van der Waals surface area contributed by atoms with Gasteiger partial charge in [0.1, 0.15) is 5.60 Å². The molecule has 0 saturated heterocycles.